The van der Waals surface area contributed by atoms with E-state index >= 15 is 0 Å². The van der Waals surface area contributed by atoms with E-state index < -0.39 is 0 Å². The number of pyridine rings is 1. The topological polar surface area (TPSA) is 24.9 Å². The van der Waals surface area contributed by atoms with Crippen molar-refractivity contribution >= 4 is 0 Å². The summed E-state index contributed by atoms with van der Waals surface area (Å²) in [6.45, 7) is 11.2. The Morgan fingerprint density at radius 2 is 2.12 bits per heavy atom. The Balaban J connectivity index is 2.30. The third-order valence-electron chi connectivity index (χ3n) is 2.62. The van der Waals surface area contributed by atoms with E-state index in [2.05, 4.69) is 44.1 Å². The standard InChI is InChI=1S/C14H24N2/c1-12(2)8-14(3,4)11-16-10-13-6-5-7-15-9-13/h5-7,9,12,16H,8,10-11H2,1-4H3. The second-order valence-corrected chi connectivity index (χ2v) is 5.73. The van der Waals surface area contributed by atoms with Crippen molar-refractivity contribution in [2.75, 3.05) is 6.54 Å². The first-order valence-electron chi connectivity index (χ1n) is 6.09. The van der Waals surface area contributed by atoms with Crippen LogP contribution in [0.2, 0.25) is 0 Å². The van der Waals surface area contributed by atoms with Gasteiger partial charge in [-0.1, -0.05) is 33.8 Å². The van der Waals surface area contributed by atoms with Crippen molar-refractivity contribution in [1.29, 1.82) is 0 Å². The van der Waals surface area contributed by atoms with Crippen LogP contribution >= 0.6 is 0 Å². The molecule has 0 radical (unpaired) electrons. The molecule has 0 aliphatic heterocycles. The largest absolute Gasteiger partial charge is 0.312 e. The maximum atomic E-state index is 4.11. The van der Waals surface area contributed by atoms with Crippen LogP contribution in [0.3, 0.4) is 0 Å². The van der Waals surface area contributed by atoms with Gasteiger partial charge in [0.15, 0.2) is 0 Å². The van der Waals surface area contributed by atoms with E-state index in [1.54, 1.807) is 0 Å². The van der Waals surface area contributed by atoms with E-state index in [9.17, 15) is 0 Å². The van der Waals surface area contributed by atoms with Crippen LogP contribution in [0.15, 0.2) is 24.5 Å². The quantitative estimate of drug-likeness (QED) is 0.796. The van der Waals surface area contributed by atoms with Gasteiger partial charge in [-0.2, -0.15) is 0 Å². The lowest BCUT2D eigenvalue weighted by Gasteiger charge is -2.27. The van der Waals surface area contributed by atoms with Gasteiger partial charge in [0.2, 0.25) is 0 Å². The van der Waals surface area contributed by atoms with Crippen LogP contribution < -0.4 is 5.32 Å². The van der Waals surface area contributed by atoms with Crippen LogP contribution in [0.1, 0.15) is 39.7 Å². The van der Waals surface area contributed by atoms with E-state index in [0.29, 0.717) is 5.41 Å². The molecule has 1 heterocycles. The Morgan fingerprint density at radius 1 is 1.38 bits per heavy atom. The molecule has 2 nitrogen and oxygen atoms in total. The van der Waals surface area contributed by atoms with Crippen molar-refractivity contribution in [3.8, 4) is 0 Å². The lowest BCUT2D eigenvalue weighted by Crippen LogP contribution is -2.30. The van der Waals surface area contributed by atoms with Crippen molar-refractivity contribution in [3.05, 3.63) is 30.1 Å². The molecule has 0 unspecified atom stereocenters. The van der Waals surface area contributed by atoms with Crippen molar-refractivity contribution in [2.24, 2.45) is 11.3 Å². The molecule has 0 fully saturated rings. The average Bonchev–Trinajstić information content (AvgIpc) is 2.16. The third-order valence-corrected chi connectivity index (χ3v) is 2.62. The Hall–Kier alpha value is -0.890. The van der Waals surface area contributed by atoms with Gasteiger partial charge < -0.3 is 5.32 Å². The highest BCUT2D eigenvalue weighted by molar-refractivity contribution is 5.07. The molecule has 0 aromatic carbocycles. The fourth-order valence-corrected chi connectivity index (χ4v) is 2.23. The number of aromatic nitrogens is 1. The van der Waals surface area contributed by atoms with Crippen LogP contribution in [0.4, 0.5) is 0 Å². The van der Waals surface area contributed by atoms with Gasteiger partial charge in [-0.15, -0.1) is 0 Å². The maximum absolute atomic E-state index is 4.11. The molecule has 90 valence electrons. The number of nitrogens with one attached hydrogen (secondary N) is 1. The van der Waals surface area contributed by atoms with E-state index in [0.717, 1.165) is 19.0 Å². The summed E-state index contributed by atoms with van der Waals surface area (Å²) in [4.78, 5) is 4.11. The summed E-state index contributed by atoms with van der Waals surface area (Å²) in [6.07, 6.45) is 4.99. The van der Waals surface area contributed by atoms with Gasteiger partial charge in [0.1, 0.15) is 0 Å². The Labute approximate surface area is 99.5 Å². The summed E-state index contributed by atoms with van der Waals surface area (Å²) in [5.41, 5.74) is 1.62. The molecular formula is C14H24N2. The van der Waals surface area contributed by atoms with Gasteiger partial charge in [0.25, 0.3) is 0 Å². The average molecular weight is 220 g/mol. The van der Waals surface area contributed by atoms with Crippen LogP contribution in [0.5, 0.6) is 0 Å². The second kappa shape index (κ2) is 6.00. The Bertz CT molecular complexity index is 291. The molecule has 0 saturated heterocycles. The third kappa shape index (κ3) is 5.26. The van der Waals surface area contributed by atoms with Gasteiger partial charge in [-0.25, -0.2) is 0 Å². The fraction of sp³-hybridized carbons (Fsp3) is 0.643. The molecule has 1 aromatic rings. The molecule has 0 amide bonds. The van der Waals surface area contributed by atoms with E-state index in [1.807, 2.05) is 18.5 Å². The van der Waals surface area contributed by atoms with Gasteiger partial charge in [-0.3, -0.25) is 4.98 Å². The molecule has 0 bridgehead atoms. The van der Waals surface area contributed by atoms with E-state index in [4.69, 9.17) is 0 Å². The number of hydrogen-bond acceptors (Lipinski definition) is 2. The number of nitrogens with zero attached hydrogens (tertiary/aromatic N) is 1. The number of hydrogen-bond donors (Lipinski definition) is 1. The van der Waals surface area contributed by atoms with Crippen LogP contribution in [0, 0.1) is 11.3 Å². The van der Waals surface area contributed by atoms with Gasteiger partial charge >= 0.3 is 0 Å². The molecule has 0 aliphatic rings. The maximum Gasteiger partial charge on any atom is 0.0312 e. The highest BCUT2D eigenvalue weighted by Gasteiger charge is 2.18. The molecule has 0 atom stereocenters. The Kier molecular flexibility index (Phi) is 4.94. The molecular weight excluding hydrogens is 196 g/mol. The minimum Gasteiger partial charge on any atom is -0.312 e. The molecule has 2 heteroatoms. The zero-order valence-corrected chi connectivity index (χ0v) is 11.0. The summed E-state index contributed by atoms with van der Waals surface area (Å²) < 4.78 is 0. The highest BCUT2D eigenvalue weighted by atomic mass is 14.9. The van der Waals surface area contributed by atoms with Gasteiger partial charge in [-0.05, 0) is 29.4 Å². The van der Waals surface area contributed by atoms with Crippen LogP contribution in [-0.4, -0.2) is 11.5 Å². The number of rotatable bonds is 6. The molecule has 0 spiro atoms. The molecule has 16 heavy (non-hydrogen) atoms. The van der Waals surface area contributed by atoms with Crippen LogP contribution in [-0.2, 0) is 6.54 Å². The monoisotopic (exact) mass is 220 g/mol. The summed E-state index contributed by atoms with van der Waals surface area (Å²) in [5, 5.41) is 3.51. The molecule has 0 saturated carbocycles. The normalized spacial score (nSPS) is 12.1. The summed E-state index contributed by atoms with van der Waals surface area (Å²) in [6, 6.07) is 4.09. The second-order valence-electron chi connectivity index (χ2n) is 5.73. The smallest absolute Gasteiger partial charge is 0.0312 e. The molecule has 1 N–H and O–H groups in total. The predicted octanol–water partition coefficient (Wildman–Crippen LogP) is 3.24. The fourth-order valence-electron chi connectivity index (χ4n) is 2.23. The first-order chi connectivity index (χ1) is 7.49. The first-order valence-corrected chi connectivity index (χ1v) is 6.09. The van der Waals surface area contributed by atoms with Crippen LogP contribution in [0.25, 0.3) is 0 Å². The zero-order chi connectivity index (χ0) is 12.0. The van der Waals surface area contributed by atoms with Crippen molar-refractivity contribution < 1.29 is 0 Å². The van der Waals surface area contributed by atoms with Crippen molar-refractivity contribution in [1.82, 2.24) is 10.3 Å². The van der Waals surface area contributed by atoms with Crippen molar-refractivity contribution in [2.45, 2.75) is 40.7 Å². The lowest BCUT2D eigenvalue weighted by molar-refractivity contribution is 0.273. The summed E-state index contributed by atoms with van der Waals surface area (Å²) >= 11 is 0. The first kappa shape index (κ1) is 13.2. The zero-order valence-electron chi connectivity index (χ0n) is 11.0. The Morgan fingerprint density at radius 3 is 2.69 bits per heavy atom. The SMILES string of the molecule is CC(C)CC(C)(C)CNCc1cccnc1. The van der Waals surface area contributed by atoms with Gasteiger partial charge in [0, 0.05) is 25.5 Å². The molecule has 1 rings (SSSR count). The minimum atomic E-state index is 0.371. The van der Waals surface area contributed by atoms with E-state index in [-0.39, 0.29) is 0 Å². The lowest BCUT2D eigenvalue weighted by atomic mass is 9.84. The summed E-state index contributed by atoms with van der Waals surface area (Å²) in [7, 11) is 0. The molecule has 0 aliphatic carbocycles. The minimum absolute atomic E-state index is 0.371. The molecule has 1 aromatic heterocycles. The predicted molar refractivity (Wildman–Crippen MR) is 69.2 cm³/mol. The highest BCUT2D eigenvalue weighted by Crippen LogP contribution is 2.24. The van der Waals surface area contributed by atoms with Crippen molar-refractivity contribution in [3.63, 3.8) is 0 Å². The van der Waals surface area contributed by atoms with E-state index in [1.165, 1.54) is 12.0 Å². The van der Waals surface area contributed by atoms with Gasteiger partial charge in [0.05, 0.1) is 0 Å². The summed E-state index contributed by atoms with van der Waals surface area (Å²) in [5.74, 6) is 0.759.